The topological polar surface area (TPSA) is 105 Å². The average Bonchev–Trinajstić information content (AvgIpc) is 2.34. The molecule has 106 valence electrons. The van der Waals surface area contributed by atoms with Crippen molar-refractivity contribution in [1.82, 2.24) is 0 Å². The Kier molecular flexibility index (Phi) is 10.2. The monoisotopic (exact) mass is 296 g/mol. The van der Waals surface area contributed by atoms with Crippen molar-refractivity contribution in [2.45, 2.75) is 25.9 Å². The summed E-state index contributed by atoms with van der Waals surface area (Å²) in [6.07, 6.45) is 0. The summed E-state index contributed by atoms with van der Waals surface area (Å²) in [7, 11) is 2.76. The predicted molar refractivity (Wildman–Crippen MR) is 74.1 cm³/mol. The maximum atomic E-state index is 11.2. The lowest BCUT2D eigenvalue weighted by molar-refractivity contribution is -0.144. The predicted octanol–water partition coefficient (Wildman–Crippen LogP) is 0.149. The van der Waals surface area contributed by atoms with Gasteiger partial charge in [-0.15, -0.1) is 0 Å². The number of hydrogen-bond acceptors (Lipinski definition) is 8. The van der Waals surface area contributed by atoms with E-state index in [0.29, 0.717) is 24.7 Å². The van der Waals surface area contributed by atoms with Crippen molar-refractivity contribution < 1.29 is 19.1 Å². The van der Waals surface area contributed by atoms with E-state index in [2.05, 4.69) is 0 Å². The summed E-state index contributed by atoms with van der Waals surface area (Å²) in [5.41, 5.74) is 11.2. The fourth-order valence-electron chi connectivity index (χ4n) is 0.878. The molecule has 0 aliphatic carbocycles. The fourth-order valence-corrected chi connectivity index (χ4v) is 3.09. The molecule has 2 atom stereocenters. The van der Waals surface area contributed by atoms with Crippen LogP contribution in [0.25, 0.3) is 0 Å². The van der Waals surface area contributed by atoms with Crippen molar-refractivity contribution in [3.63, 3.8) is 0 Å². The summed E-state index contributed by atoms with van der Waals surface area (Å²) in [6.45, 7) is 4.09. The highest BCUT2D eigenvalue weighted by molar-refractivity contribution is 8.76. The van der Waals surface area contributed by atoms with Gasteiger partial charge in [0.2, 0.25) is 0 Å². The zero-order valence-corrected chi connectivity index (χ0v) is 12.2. The van der Waals surface area contributed by atoms with E-state index in [1.807, 2.05) is 0 Å². The molecule has 0 fully saturated rings. The first-order chi connectivity index (χ1) is 8.52. The van der Waals surface area contributed by atoms with Crippen LogP contribution in [0.3, 0.4) is 0 Å². The van der Waals surface area contributed by atoms with Crippen LogP contribution in [0.5, 0.6) is 0 Å². The van der Waals surface area contributed by atoms with Crippen LogP contribution in [0.1, 0.15) is 13.8 Å². The largest absolute Gasteiger partial charge is 0.465 e. The van der Waals surface area contributed by atoms with E-state index >= 15 is 0 Å². The second kappa shape index (κ2) is 10.5. The molecule has 4 N–H and O–H groups in total. The molecule has 0 saturated carbocycles. The first kappa shape index (κ1) is 17.6. The molecular formula is C10H20N2O4S2. The van der Waals surface area contributed by atoms with Crippen molar-refractivity contribution in [1.29, 1.82) is 0 Å². The molecule has 0 aromatic carbocycles. The van der Waals surface area contributed by atoms with Gasteiger partial charge in [-0.3, -0.25) is 9.59 Å². The van der Waals surface area contributed by atoms with Crippen molar-refractivity contribution in [2.24, 2.45) is 11.5 Å². The van der Waals surface area contributed by atoms with Crippen LogP contribution >= 0.6 is 21.6 Å². The lowest BCUT2D eigenvalue weighted by Gasteiger charge is -2.11. The minimum Gasteiger partial charge on any atom is -0.465 e. The van der Waals surface area contributed by atoms with Gasteiger partial charge in [0.1, 0.15) is 12.1 Å². The van der Waals surface area contributed by atoms with E-state index < -0.39 is 24.0 Å². The number of nitrogens with two attached hydrogens (primary N) is 2. The molecule has 0 amide bonds. The number of rotatable bonds is 9. The molecule has 0 aliphatic heterocycles. The highest BCUT2D eigenvalue weighted by atomic mass is 33.1. The number of carbonyl (C=O) groups is 2. The molecule has 0 heterocycles. The van der Waals surface area contributed by atoms with Gasteiger partial charge in [-0.25, -0.2) is 0 Å². The van der Waals surface area contributed by atoms with Gasteiger partial charge in [-0.05, 0) is 13.8 Å². The molecule has 0 bridgehead atoms. The zero-order valence-electron chi connectivity index (χ0n) is 10.6. The summed E-state index contributed by atoms with van der Waals surface area (Å²) >= 11 is 0. The van der Waals surface area contributed by atoms with Gasteiger partial charge in [0.15, 0.2) is 0 Å². The van der Waals surface area contributed by atoms with Crippen LogP contribution in [0, 0.1) is 0 Å². The number of esters is 2. The summed E-state index contributed by atoms with van der Waals surface area (Å²) in [5.74, 6) is -0.00135. The van der Waals surface area contributed by atoms with E-state index in [-0.39, 0.29) is 0 Å². The van der Waals surface area contributed by atoms with Gasteiger partial charge < -0.3 is 20.9 Å². The molecule has 0 rings (SSSR count). The van der Waals surface area contributed by atoms with E-state index in [4.69, 9.17) is 20.9 Å². The van der Waals surface area contributed by atoms with Crippen LogP contribution in [-0.4, -0.2) is 48.7 Å². The minimum absolute atomic E-state index is 0.318. The van der Waals surface area contributed by atoms with Crippen LogP contribution in [0.4, 0.5) is 0 Å². The quantitative estimate of drug-likeness (QED) is 0.352. The fraction of sp³-hybridized carbons (Fsp3) is 0.800. The molecule has 0 spiro atoms. The molecule has 0 saturated heterocycles. The van der Waals surface area contributed by atoms with E-state index in [1.165, 1.54) is 21.6 Å². The third kappa shape index (κ3) is 7.80. The zero-order chi connectivity index (χ0) is 14.0. The highest BCUT2D eigenvalue weighted by Gasteiger charge is 2.17. The second-order valence-electron chi connectivity index (χ2n) is 3.29. The Morgan fingerprint density at radius 3 is 1.56 bits per heavy atom. The van der Waals surface area contributed by atoms with Crippen molar-refractivity contribution in [3.8, 4) is 0 Å². The molecule has 1 unspecified atom stereocenters. The first-order valence-electron chi connectivity index (χ1n) is 5.61. The molecule has 18 heavy (non-hydrogen) atoms. The van der Waals surface area contributed by atoms with E-state index in [0.717, 1.165) is 0 Å². The van der Waals surface area contributed by atoms with Crippen molar-refractivity contribution >= 4 is 33.5 Å². The maximum absolute atomic E-state index is 11.2. The van der Waals surface area contributed by atoms with Crippen LogP contribution in [0.2, 0.25) is 0 Å². The SMILES string of the molecule is CCOC(=O)C(N)CSSC[C@H](N)C(=O)OCC. The Labute approximate surface area is 115 Å². The number of hydrogen-bond donors (Lipinski definition) is 2. The average molecular weight is 296 g/mol. The van der Waals surface area contributed by atoms with Crippen molar-refractivity contribution in [2.75, 3.05) is 24.7 Å². The molecule has 0 aromatic rings. The minimum atomic E-state index is -0.652. The lowest BCUT2D eigenvalue weighted by Crippen LogP contribution is -2.35. The highest BCUT2D eigenvalue weighted by Crippen LogP contribution is 2.22. The third-order valence-corrected chi connectivity index (χ3v) is 4.23. The normalized spacial score (nSPS) is 13.8. The second-order valence-corrected chi connectivity index (χ2v) is 5.84. The molecule has 0 aliphatic rings. The van der Waals surface area contributed by atoms with Gasteiger partial charge in [0, 0.05) is 11.5 Å². The molecule has 8 heteroatoms. The molecule has 0 radical (unpaired) electrons. The maximum Gasteiger partial charge on any atom is 0.323 e. The van der Waals surface area contributed by atoms with E-state index in [1.54, 1.807) is 13.8 Å². The van der Waals surface area contributed by atoms with Crippen LogP contribution in [-0.2, 0) is 19.1 Å². The summed E-state index contributed by atoms with van der Waals surface area (Å²) in [5, 5.41) is 0. The van der Waals surface area contributed by atoms with Gasteiger partial charge in [0.25, 0.3) is 0 Å². The molecular weight excluding hydrogens is 276 g/mol. The van der Waals surface area contributed by atoms with E-state index in [9.17, 15) is 9.59 Å². The first-order valence-corrected chi connectivity index (χ1v) is 8.10. The summed E-state index contributed by atoms with van der Waals surface area (Å²) < 4.78 is 9.53. The Morgan fingerprint density at radius 2 is 1.28 bits per heavy atom. The summed E-state index contributed by atoms with van der Waals surface area (Å²) in [6, 6.07) is -1.30. The number of carbonyl (C=O) groups excluding carboxylic acids is 2. The molecule has 6 nitrogen and oxygen atoms in total. The lowest BCUT2D eigenvalue weighted by atomic mass is 10.4. The van der Waals surface area contributed by atoms with Crippen LogP contribution in [0.15, 0.2) is 0 Å². The number of ether oxygens (including phenoxy) is 2. The van der Waals surface area contributed by atoms with Crippen LogP contribution < -0.4 is 11.5 Å². The Bertz CT molecular complexity index is 240. The van der Waals surface area contributed by atoms with Gasteiger partial charge in [-0.2, -0.15) is 0 Å². The summed E-state index contributed by atoms with van der Waals surface area (Å²) in [4.78, 5) is 22.4. The standard InChI is InChI=1S/C10H20N2O4S2/c1-3-15-9(13)7(11)5-17-18-6-8(12)10(14)16-4-2/h7-8H,3-6,11-12H2,1-2H3/t7-,8?/m0/s1. The van der Waals surface area contributed by atoms with Crippen molar-refractivity contribution in [3.05, 3.63) is 0 Å². The Morgan fingerprint density at radius 1 is 0.944 bits per heavy atom. The Hall–Kier alpha value is -0.440. The third-order valence-electron chi connectivity index (χ3n) is 1.76. The van der Waals surface area contributed by atoms with Gasteiger partial charge in [-0.1, -0.05) is 21.6 Å². The van der Waals surface area contributed by atoms with Gasteiger partial charge >= 0.3 is 11.9 Å². The molecule has 0 aromatic heterocycles. The Balaban J connectivity index is 3.66. The van der Waals surface area contributed by atoms with Gasteiger partial charge in [0.05, 0.1) is 13.2 Å². The smallest absolute Gasteiger partial charge is 0.323 e.